The van der Waals surface area contributed by atoms with Gasteiger partial charge in [-0.1, -0.05) is 6.07 Å². The first-order valence-corrected chi connectivity index (χ1v) is 8.67. The van der Waals surface area contributed by atoms with Crippen LogP contribution in [0.3, 0.4) is 0 Å². The fourth-order valence-corrected chi connectivity index (χ4v) is 3.01. The molecule has 1 aromatic heterocycles. The van der Waals surface area contributed by atoms with E-state index in [1.807, 2.05) is 0 Å². The second-order valence-electron chi connectivity index (χ2n) is 6.39. The van der Waals surface area contributed by atoms with Gasteiger partial charge in [-0.05, 0) is 30.3 Å². The highest BCUT2D eigenvalue weighted by atomic mass is 19.3. The van der Waals surface area contributed by atoms with E-state index in [1.165, 1.54) is 30.1 Å². The Morgan fingerprint density at radius 3 is 2.34 bits per heavy atom. The number of halogens is 6. The molecule has 0 aliphatic heterocycles. The van der Waals surface area contributed by atoms with Crippen LogP contribution in [0.1, 0.15) is 17.7 Å². The topological polar surface area (TPSA) is 21.1 Å². The van der Waals surface area contributed by atoms with Crippen molar-refractivity contribution < 1.29 is 26.3 Å². The van der Waals surface area contributed by atoms with Crippen LogP contribution >= 0.6 is 0 Å². The monoisotopic (exact) mass is 413 g/mol. The molecule has 3 rings (SSSR count). The summed E-state index contributed by atoms with van der Waals surface area (Å²) in [6, 6.07) is 8.08. The Hall–Kier alpha value is -2.97. The fraction of sp³-hybridized carbons (Fsp3) is 0.250. The molecule has 154 valence electrons. The SMILES string of the molecule is Cn1nc(C(F)F)cc1-c1ccc(N(CCF)Cc2ccc(F)cc2F)cc1F. The van der Waals surface area contributed by atoms with Crippen LogP contribution in [0, 0.1) is 17.5 Å². The van der Waals surface area contributed by atoms with Gasteiger partial charge in [-0.15, -0.1) is 0 Å². The molecule has 0 fully saturated rings. The van der Waals surface area contributed by atoms with Crippen LogP contribution in [-0.4, -0.2) is 23.0 Å². The number of alkyl halides is 3. The highest BCUT2D eigenvalue weighted by molar-refractivity contribution is 5.65. The van der Waals surface area contributed by atoms with Crippen molar-refractivity contribution in [3.8, 4) is 11.3 Å². The average molecular weight is 413 g/mol. The number of hydrogen-bond acceptors (Lipinski definition) is 2. The van der Waals surface area contributed by atoms with Crippen LogP contribution < -0.4 is 4.90 Å². The maximum absolute atomic E-state index is 14.7. The number of nitrogens with zero attached hydrogens (tertiary/aromatic N) is 3. The van der Waals surface area contributed by atoms with Gasteiger partial charge >= 0.3 is 0 Å². The smallest absolute Gasteiger partial charge is 0.282 e. The van der Waals surface area contributed by atoms with E-state index in [0.717, 1.165) is 28.9 Å². The molecule has 1 heterocycles. The lowest BCUT2D eigenvalue weighted by molar-refractivity contribution is 0.145. The van der Waals surface area contributed by atoms with Crippen LogP contribution in [0.5, 0.6) is 0 Å². The van der Waals surface area contributed by atoms with Crippen molar-refractivity contribution in [3.05, 3.63) is 71.2 Å². The number of aromatic nitrogens is 2. The largest absolute Gasteiger partial charge is 0.364 e. The molecule has 0 amide bonds. The van der Waals surface area contributed by atoms with E-state index >= 15 is 0 Å². The molecule has 0 aliphatic carbocycles. The van der Waals surface area contributed by atoms with Crippen molar-refractivity contribution in [2.75, 3.05) is 18.1 Å². The Labute approximate surface area is 163 Å². The first-order valence-electron chi connectivity index (χ1n) is 8.67. The standard InChI is InChI=1S/C20H17F6N3/c1-28-19(10-18(27-28)20(25)26)15-5-4-14(9-17(15)24)29(7-6-21)11-12-2-3-13(22)8-16(12)23/h2-5,8-10,20H,6-7,11H2,1H3. The molecule has 0 unspecified atom stereocenters. The molecule has 0 N–H and O–H groups in total. The van der Waals surface area contributed by atoms with Crippen molar-refractivity contribution in [2.24, 2.45) is 7.05 Å². The summed E-state index contributed by atoms with van der Waals surface area (Å²) in [5, 5.41) is 3.65. The average Bonchev–Trinajstić information content (AvgIpc) is 3.05. The van der Waals surface area contributed by atoms with Gasteiger partial charge < -0.3 is 4.90 Å². The van der Waals surface area contributed by atoms with E-state index in [9.17, 15) is 26.3 Å². The Morgan fingerprint density at radius 2 is 1.76 bits per heavy atom. The van der Waals surface area contributed by atoms with Gasteiger partial charge in [0.2, 0.25) is 0 Å². The molecule has 3 nitrogen and oxygen atoms in total. The summed E-state index contributed by atoms with van der Waals surface area (Å²) in [7, 11) is 1.42. The van der Waals surface area contributed by atoms with Crippen molar-refractivity contribution in [1.29, 1.82) is 0 Å². The maximum Gasteiger partial charge on any atom is 0.282 e. The molecular formula is C20H17F6N3. The fourth-order valence-electron chi connectivity index (χ4n) is 3.01. The van der Waals surface area contributed by atoms with Crippen molar-refractivity contribution in [2.45, 2.75) is 13.0 Å². The van der Waals surface area contributed by atoms with Crippen molar-refractivity contribution >= 4 is 5.69 Å². The van der Waals surface area contributed by atoms with Crippen LogP contribution in [0.25, 0.3) is 11.3 Å². The van der Waals surface area contributed by atoms with Gasteiger partial charge in [0, 0.05) is 43.0 Å². The number of benzene rings is 2. The maximum atomic E-state index is 14.7. The zero-order valence-electron chi connectivity index (χ0n) is 15.3. The third kappa shape index (κ3) is 4.55. The quantitative estimate of drug-likeness (QED) is 0.483. The lowest BCUT2D eigenvalue weighted by Crippen LogP contribution is -2.25. The van der Waals surface area contributed by atoms with Crippen LogP contribution in [0.4, 0.5) is 32.0 Å². The van der Waals surface area contributed by atoms with E-state index in [-0.39, 0.29) is 35.6 Å². The molecule has 9 heteroatoms. The lowest BCUT2D eigenvalue weighted by atomic mass is 10.1. The van der Waals surface area contributed by atoms with E-state index < -0.39 is 36.2 Å². The van der Waals surface area contributed by atoms with Gasteiger partial charge in [0.05, 0.1) is 5.69 Å². The Morgan fingerprint density at radius 1 is 1.00 bits per heavy atom. The molecule has 0 atom stereocenters. The predicted octanol–water partition coefficient (Wildman–Crippen LogP) is 5.42. The minimum Gasteiger partial charge on any atom is -0.364 e. The summed E-state index contributed by atoms with van der Waals surface area (Å²) in [5.41, 5.74) is 0.119. The lowest BCUT2D eigenvalue weighted by Gasteiger charge is -2.24. The summed E-state index contributed by atoms with van der Waals surface area (Å²) in [6.07, 6.45) is -2.79. The number of aryl methyl sites for hydroxylation is 1. The molecule has 0 aliphatic rings. The summed E-state index contributed by atoms with van der Waals surface area (Å²) in [4.78, 5) is 1.40. The van der Waals surface area contributed by atoms with Crippen molar-refractivity contribution in [1.82, 2.24) is 9.78 Å². The first-order chi connectivity index (χ1) is 13.8. The molecule has 0 bridgehead atoms. The highest BCUT2D eigenvalue weighted by Gasteiger charge is 2.19. The Balaban J connectivity index is 1.92. The van der Waals surface area contributed by atoms with Gasteiger partial charge in [0.15, 0.2) is 0 Å². The van der Waals surface area contributed by atoms with E-state index in [1.54, 1.807) is 0 Å². The molecular weight excluding hydrogens is 396 g/mol. The first kappa shape index (κ1) is 20.8. The number of rotatable bonds is 7. The second kappa shape index (κ2) is 8.59. The summed E-state index contributed by atoms with van der Waals surface area (Å²) < 4.78 is 81.6. The van der Waals surface area contributed by atoms with Gasteiger partial charge in [-0.3, -0.25) is 4.68 Å². The number of hydrogen-bond donors (Lipinski definition) is 0. The Bertz CT molecular complexity index is 1000. The molecule has 0 saturated heterocycles. The predicted molar refractivity (Wildman–Crippen MR) is 96.9 cm³/mol. The van der Waals surface area contributed by atoms with Gasteiger partial charge in [0.25, 0.3) is 6.43 Å². The highest BCUT2D eigenvalue weighted by Crippen LogP contribution is 2.30. The van der Waals surface area contributed by atoms with Crippen molar-refractivity contribution in [3.63, 3.8) is 0 Å². The molecule has 0 radical (unpaired) electrons. The molecule has 0 spiro atoms. The molecule has 0 saturated carbocycles. The van der Waals surface area contributed by atoms with E-state index in [4.69, 9.17) is 0 Å². The summed E-state index contributed by atoms with van der Waals surface area (Å²) >= 11 is 0. The zero-order valence-corrected chi connectivity index (χ0v) is 15.3. The van der Waals surface area contributed by atoms with E-state index in [2.05, 4.69) is 5.10 Å². The minimum absolute atomic E-state index is 0.0452. The van der Waals surface area contributed by atoms with Gasteiger partial charge in [-0.25, -0.2) is 26.3 Å². The second-order valence-corrected chi connectivity index (χ2v) is 6.39. The van der Waals surface area contributed by atoms with Crippen LogP contribution in [-0.2, 0) is 13.6 Å². The third-order valence-corrected chi connectivity index (χ3v) is 4.45. The molecule has 2 aromatic carbocycles. The zero-order chi connectivity index (χ0) is 21.1. The van der Waals surface area contributed by atoms with Gasteiger partial charge in [-0.2, -0.15) is 5.10 Å². The summed E-state index contributed by atoms with van der Waals surface area (Å²) in [6.45, 7) is -1.02. The van der Waals surface area contributed by atoms with Gasteiger partial charge in [0.1, 0.15) is 29.8 Å². The Kier molecular flexibility index (Phi) is 6.14. The molecule has 3 aromatic rings. The third-order valence-electron chi connectivity index (χ3n) is 4.45. The van der Waals surface area contributed by atoms with E-state index in [0.29, 0.717) is 0 Å². The minimum atomic E-state index is -2.79. The van der Waals surface area contributed by atoms with Crippen LogP contribution in [0.15, 0.2) is 42.5 Å². The normalized spacial score (nSPS) is 11.3. The molecule has 29 heavy (non-hydrogen) atoms. The summed E-state index contributed by atoms with van der Waals surface area (Å²) in [5.74, 6) is -2.26. The number of anilines is 1. The van der Waals surface area contributed by atoms with Crippen LogP contribution in [0.2, 0.25) is 0 Å².